The van der Waals surface area contributed by atoms with Crippen molar-refractivity contribution in [1.82, 2.24) is 9.97 Å². The third kappa shape index (κ3) is 4.09. The second-order valence-corrected chi connectivity index (χ2v) is 3.83. The third-order valence-corrected chi connectivity index (χ3v) is 2.74. The molecule has 0 aliphatic carbocycles. The molecule has 0 amide bonds. The van der Waals surface area contributed by atoms with E-state index >= 15 is 0 Å². The average molecular weight is 284 g/mol. The molecular weight excluding hydrogens is 260 g/mol. The summed E-state index contributed by atoms with van der Waals surface area (Å²) in [5.74, 6) is 1.72. The van der Waals surface area contributed by atoms with Gasteiger partial charge in [0.05, 0.1) is 18.1 Å². The van der Waals surface area contributed by atoms with Crippen molar-refractivity contribution in [1.29, 1.82) is 0 Å². The molecule has 3 nitrogen and oxygen atoms in total. The molecule has 0 unspecified atom stereocenters. The van der Waals surface area contributed by atoms with Gasteiger partial charge in [0.25, 0.3) is 0 Å². The van der Waals surface area contributed by atoms with Gasteiger partial charge < -0.3 is 9.72 Å². The lowest BCUT2D eigenvalue weighted by molar-refractivity contribution is 0.415. The van der Waals surface area contributed by atoms with Gasteiger partial charge in [0, 0.05) is 11.6 Å². The van der Waals surface area contributed by atoms with Crippen molar-refractivity contribution in [3.63, 3.8) is 0 Å². The molecule has 0 atom stereocenters. The number of nitrogens with zero attached hydrogens (tertiary/aromatic N) is 1. The average Bonchev–Trinajstić information content (AvgIpc) is 3.02. The molecule has 0 aliphatic rings. The van der Waals surface area contributed by atoms with E-state index in [2.05, 4.69) is 9.97 Å². The van der Waals surface area contributed by atoms with E-state index in [0.717, 1.165) is 28.2 Å². The zero-order valence-corrected chi connectivity index (χ0v) is 13.5. The number of fused-ring (bicyclic) bond motifs is 1. The van der Waals surface area contributed by atoms with E-state index in [1.807, 2.05) is 76.2 Å². The predicted molar refractivity (Wildman–Crippen MR) is 90.8 cm³/mol. The number of methoxy groups -OCH3 is 1. The summed E-state index contributed by atoms with van der Waals surface area (Å²) in [6, 6.07) is 15.9. The SMILES string of the molecule is CC.CC.COc1ccc2nc(-c3ccccc3)[nH]c2c1. The molecule has 0 aliphatic heterocycles. The van der Waals surface area contributed by atoms with Gasteiger partial charge in [0.1, 0.15) is 11.6 Å². The number of benzene rings is 2. The molecule has 0 bridgehead atoms. The van der Waals surface area contributed by atoms with Crippen LogP contribution in [-0.4, -0.2) is 17.1 Å². The summed E-state index contributed by atoms with van der Waals surface area (Å²) in [6.45, 7) is 8.00. The molecule has 112 valence electrons. The fourth-order valence-corrected chi connectivity index (χ4v) is 1.85. The highest BCUT2D eigenvalue weighted by Gasteiger charge is 2.05. The van der Waals surface area contributed by atoms with Gasteiger partial charge in [0.15, 0.2) is 0 Å². The van der Waals surface area contributed by atoms with Crippen molar-refractivity contribution in [3.8, 4) is 17.1 Å². The van der Waals surface area contributed by atoms with Crippen LogP contribution in [-0.2, 0) is 0 Å². The van der Waals surface area contributed by atoms with Gasteiger partial charge in [0.2, 0.25) is 0 Å². The van der Waals surface area contributed by atoms with Crippen LogP contribution >= 0.6 is 0 Å². The number of aromatic nitrogens is 2. The van der Waals surface area contributed by atoms with E-state index in [-0.39, 0.29) is 0 Å². The quantitative estimate of drug-likeness (QED) is 0.694. The molecule has 21 heavy (non-hydrogen) atoms. The van der Waals surface area contributed by atoms with Gasteiger partial charge in [-0.2, -0.15) is 0 Å². The smallest absolute Gasteiger partial charge is 0.138 e. The number of hydrogen-bond acceptors (Lipinski definition) is 2. The largest absolute Gasteiger partial charge is 0.497 e. The first kappa shape index (κ1) is 16.8. The summed E-state index contributed by atoms with van der Waals surface area (Å²) in [5.41, 5.74) is 3.02. The van der Waals surface area contributed by atoms with Crippen LogP contribution in [0.2, 0.25) is 0 Å². The summed E-state index contributed by atoms with van der Waals surface area (Å²) in [4.78, 5) is 7.84. The van der Waals surface area contributed by atoms with Gasteiger partial charge in [-0.15, -0.1) is 0 Å². The Morgan fingerprint density at radius 1 is 0.905 bits per heavy atom. The van der Waals surface area contributed by atoms with Crippen LogP contribution in [0.15, 0.2) is 48.5 Å². The number of rotatable bonds is 2. The number of H-pyrrole nitrogens is 1. The molecule has 0 saturated heterocycles. The molecule has 2 aromatic carbocycles. The van der Waals surface area contributed by atoms with E-state index in [0.29, 0.717) is 0 Å². The summed E-state index contributed by atoms with van der Waals surface area (Å²) >= 11 is 0. The van der Waals surface area contributed by atoms with Gasteiger partial charge in [-0.1, -0.05) is 58.0 Å². The topological polar surface area (TPSA) is 37.9 Å². The number of hydrogen-bond donors (Lipinski definition) is 1. The Hall–Kier alpha value is -2.29. The van der Waals surface area contributed by atoms with Gasteiger partial charge in [-0.25, -0.2) is 4.98 Å². The number of ether oxygens (including phenoxy) is 1. The fraction of sp³-hybridized carbons (Fsp3) is 0.278. The van der Waals surface area contributed by atoms with Crippen molar-refractivity contribution in [2.24, 2.45) is 0 Å². The summed E-state index contributed by atoms with van der Waals surface area (Å²) in [5, 5.41) is 0. The molecule has 3 heteroatoms. The van der Waals surface area contributed by atoms with Gasteiger partial charge in [-0.3, -0.25) is 0 Å². The number of nitrogens with one attached hydrogen (secondary N) is 1. The van der Waals surface area contributed by atoms with E-state index < -0.39 is 0 Å². The molecule has 0 saturated carbocycles. The lowest BCUT2D eigenvalue weighted by atomic mass is 10.2. The normalized spacial score (nSPS) is 9.19. The Balaban J connectivity index is 0.000000510. The van der Waals surface area contributed by atoms with Gasteiger partial charge >= 0.3 is 0 Å². The van der Waals surface area contributed by atoms with Crippen molar-refractivity contribution >= 4 is 11.0 Å². The van der Waals surface area contributed by atoms with E-state index in [1.165, 1.54) is 0 Å². The first-order valence-electron chi connectivity index (χ1n) is 7.46. The summed E-state index contributed by atoms with van der Waals surface area (Å²) < 4.78 is 5.19. The van der Waals surface area contributed by atoms with Crippen molar-refractivity contribution in [2.75, 3.05) is 7.11 Å². The molecule has 3 rings (SSSR count). The predicted octanol–water partition coefficient (Wildman–Crippen LogP) is 5.29. The van der Waals surface area contributed by atoms with Crippen molar-refractivity contribution < 1.29 is 4.74 Å². The van der Waals surface area contributed by atoms with E-state index in [1.54, 1.807) is 7.11 Å². The highest BCUT2D eigenvalue weighted by atomic mass is 16.5. The van der Waals surface area contributed by atoms with E-state index in [4.69, 9.17) is 4.74 Å². The minimum atomic E-state index is 0.834. The van der Waals surface area contributed by atoms with Crippen LogP contribution in [0, 0.1) is 0 Å². The molecule has 0 spiro atoms. The van der Waals surface area contributed by atoms with Crippen molar-refractivity contribution in [3.05, 3.63) is 48.5 Å². The Kier molecular flexibility index (Phi) is 7.02. The van der Waals surface area contributed by atoms with Gasteiger partial charge in [-0.05, 0) is 12.1 Å². The second kappa shape index (κ2) is 8.80. The molecule has 1 N–H and O–H groups in total. The Morgan fingerprint density at radius 2 is 1.57 bits per heavy atom. The minimum absolute atomic E-state index is 0.834. The molecule has 1 heterocycles. The maximum Gasteiger partial charge on any atom is 0.138 e. The number of aromatic amines is 1. The lowest BCUT2D eigenvalue weighted by Crippen LogP contribution is -1.81. The molecule has 0 radical (unpaired) electrons. The monoisotopic (exact) mass is 284 g/mol. The van der Waals surface area contributed by atoms with E-state index in [9.17, 15) is 0 Å². The first-order chi connectivity index (χ1) is 10.4. The fourth-order valence-electron chi connectivity index (χ4n) is 1.85. The lowest BCUT2D eigenvalue weighted by Gasteiger charge is -1.96. The van der Waals surface area contributed by atoms with Crippen LogP contribution in [0.1, 0.15) is 27.7 Å². The molecular formula is C18H24N2O. The molecule has 0 fully saturated rings. The second-order valence-electron chi connectivity index (χ2n) is 3.83. The van der Waals surface area contributed by atoms with Crippen LogP contribution in [0.25, 0.3) is 22.4 Å². The minimum Gasteiger partial charge on any atom is -0.497 e. The maximum absolute atomic E-state index is 5.19. The number of imidazole rings is 1. The zero-order chi connectivity index (χ0) is 15.7. The zero-order valence-electron chi connectivity index (χ0n) is 13.5. The maximum atomic E-state index is 5.19. The van der Waals surface area contributed by atoms with Crippen LogP contribution < -0.4 is 4.74 Å². The molecule has 3 aromatic rings. The van der Waals surface area contributed by atoms with Crippen LogP contribution in [0.5, 0.6) is 5.75 Å². The third-order valence-electron chi connectivity index (χ3n) is 2.74. The Morgan fingerprint density at radius 3 is 2.19 bits per heavy atom. The summed E-state index contributed by atoms with van der Waals surface area (Å²) in [7, 11) is 1.66. The molecule has 1 aromatic heterocycles. The first-order valence-corrected chi connectivity index (χ1v) is 7.46. The van der Waals surface area contributed by atoms with Crippen LogP contribution in [0.4, 0.5) is 0 Å². The Labute approximate surface area is 127 Å². The van der Waals surface area contributed by atoms with Crippen LogP contribution in [0.3, 0.4) is 0 Å². The standard InChI is InChI=1S/C14H12N2O.2C2H6/c1-17-11-7-8-12-13(9-11)16-14(15-12)10-5-3-2-4-6-10;2*1-2/h2-9H,1H3,(H,15,16);2*1-2H3. The highest BCUT2D eigenvalue weighted by molar-refractivity contribution is 5.80. The summed E-state index contributed by atoms with van der Waals surface area (Å²) in [6.07, 6.45) is 0. The highest BCUT2D eigenvalue weighted by Crippen LogP contribution is 2.23. The van der Waals surface area contributed by atoms with Crippen molar-refractivity contribution in [2.45, 2.75) is 27.7 Å². The Bertz CT molecular complexity index is 645.